The zero-order valence-electron chi connectivity index (χ0n) is 18.1. The molecule has 0 unspecified atom stereocenters. The van der Waals surface area contributed by atoms with E-state index in [9.17, 15) is 9.90 Å². The number of para-hydroxylation sites is 3. The van der Waals surface area contributed by atoms with Crippen LogP contribution in [0.15, 0.2) is 51.7 Å². The number of hydrogen-bond acceptors (Lipinski definition) is 7. The summed E-state index contributed by atoms with van der Waals surface area (Å²) in [5.41, 5.74) is 2.15. The van der Waals surface area contributed by atoms with E-state index in [1.54, 1.807) is 32.4 Å². The summed E-state index contributed by atoms with van der Waals surface area (Å²) in [6, 6.07) is 13.4. The molecule has 6 rings (SSSR count). The zero-order chi connectivity index (χ0) is 22.7. The fourth-order valence-corrected chi connectivity index (χ4v) is 4.35. The van der Waals surface area contributed by atoms with Crippen LogP contribution in [0.2, 0.25) is 0 Å². The Morgan fingerprint density at radius 2 is 1.88 bits per heavy atom. The van der Waals surface area contributed by atoms with E-state index in [1.165, 1.54) is 4.57 Å². The Hall–Kier alpha value is -4.14. The highest BCUT2D eigenvalue weighted by Crippen LogP contribution is 2.39. The summed E-state index contributed by atoms with van der Waals surface area (Å²) >= 11 is 0. The van der Waals surface area contributed by atoms with Gasteiger partial charge in [0.1, 0.15) is 5.75 Å². The van der Waals surface area contributed by atoms with Crippen molar-refractivity contribution in [2.75, 3.05) is 7.11 Å². The standard InChI is InChI=1S/C24H21N5O4/c1-28-21(22-25-14-9-3-4-10-15(14)29(22)13-7-5-8-13)26-19(20(30)24(28)31)23-27-18-16(32-2)11-6-12-17(18)33-23/h3-4,6,9-13,30H,5,7-8H2,1-2H3. The summed E-state index contributed by atoms with van der Waals surface area (Å²) in [5.74, 6) is 0.953. The second-order valence-electron chi connectivity index (χ2n) is 8.20. The largest absolute Gasteiger partial charge is 0.501 e. The lowest BCUT2D eigenvalue weighted by molar-refractivity contribution is 0.322. The average molecular weight is 443 g/mol. The minimum absolute atomic E-state index is 0.0291. The first-order chi connectivity index (χ1) is 16.1. The Morgan fingerprint density at radius 1 is 1.06 bits per heavy atom. The molecular formula is C24H21N5O4. The first kappa shape index (κ1) is 19.5. The van der Waals surface area contributed by atoms with Gasteiger partial charge in [-0.3, -0.25) is 9.36 Å². The molecule has 9 heteroatoms. The Bertz CT molecular complexity index is 1590. The third kappa shape index (κ3) is 2.85. The van der Waals surface area contributed by atoms with E-state index in [1.807, 2.05) is 24.3 Å². The van der Waals surface area contributed by atoms with Gasteiger partial charge in [-0.1, -0.05) is 18.2 Å². The molecule has 1 aliphatic carbocycles. The van der Waals surface area contributed by atoms with E-state index in [2.05, 4.69) is 14.5 Å². The number of aromatic nitrogens is 5. The van der Waals surface area contributed by atoms with Crippen LogP contribution in [0.4, 0.5) is 0 Å². The van der Waals surface area contributed by atoms with Crippen molar-refractivity contribution in [3.8, 4) is 34.7 Å². The quantitative estimate of drug-likeness (QED) is 0.446. The number of nitrogens with zero attached hydrogens (tertiary/aromatic N) is 5. The second kappa shape index (κ2) is 7.19. The van der Waals surface area contributed by atoms with Crippen LogP contribution in [0.3, 0.4) is 0 Å². The van der Waals surface area contributed by atoms with Crippen LogP contribution in [0.25, 0.3) is 45.4 Å². The van der Waals surface area contributed by atoms with Gasteiger partial charge in [-0.25, -0.2) is 15.0 Å². The number of aromatic hydroxyl groups is 1. The van der Waals surface area contributed by atoms with Gasteiger partial charge >= 0.3 is 0 Å². The van der Waals surface area contributed by atoms with Crippen molar-refractivity contribution in [1.29, 1.82) is 0 Å². The number of fused-ring (bicyclic) bond motifs is 2. The molecule has 0 aliphatic heterocycles. The van der Waals surface area contributed by atoms with Crippen LogP contribution in [0.5, 0.6) is 11.5 Å². The molecule has 33 heavy (non-hydrogen) atoms. The summed E-state index contributed by atoms with van der Waals surface area (Å²) in [6.45, 7) is 0. The lowest BCUT2D eigenvalue weighted by Crippen LogP contribution is -2.24. The van der Waals surface area contributed by atoms with Crippen molar-refractivity contribution in [2.24, 2.45) is 7.05 Å². The van der Waals surface area contributed by atoms with E-state index in [4.69, 9.17) is 14.1 Å². The van der Waals surface area contributed by atoms with E-state index < -0.39 is 11.3 Å². The molecular weight excluding hydrogens is 422 g/mol. The maximum Gasteiger partial charge on any atom is 0.296 e. The van der Waals surface area contributed by atoms with Gasteiger partial charge in [0, 0.05) is 13.1 Å². The summed E-state index contributed by atoms with van der Waals surface area (Å²) in [6.07, 6.45) is 3.23. The predicted octanol–water partition coefficient (Wildman–Crippen LogP) is 4.04. The first-order valence-electron chi connectivity index (χ1n) is 10.8. The molecule has 2 aromatic carbocycles. The molecule has 0 radical (unpaired) electrons. The van der Waals surface area contributed by atoms with Crippen LogP contribution in [-0.2, 0) is 7.05 Å². The monoisotopic (exact) mass is 443 g/mol. The van der Waals surface area contributed by atoms with E-state index >= 15 is 0 Å². The molecule has 0 spiro atoms. The van der Waals surface area contributed by atoms with Gasteiger partial charge in [-0.2, -0.15) is 0 Å². The molecule has 0 bridgehead atoms. The van der Waals surface area contributed by atoms with E-state index in [0.717, 1.165) is 30.3 Å². The molecule has 0 amide bonds. The molecule has 0 saturated heterocycles. The number of hydrogen-bond donors (Lipinski definition) is 1. The van der Waals surface area contributed by atoms with E-state index in [-0.39, 0.29) is 17.6 Å². The van der Waals surface area contributed by atoms with Gasteiger partial charge in [0.15, 0.2) is 28.4 Å². The molecule has 1 saturated carbocycles. The summed E-state index contributed by atoms with van der Waals surface area (Å²) in [5, 5.41) is 10.7. The summed E-state index contributed by atoms with van der Waals surface area (Å²) in [7, 11) is 3.12. The van der Waals surface area contributed by atoms with E-state index in [0.29, 0.717) is 28.5 Å². The summed E-state index contributed by atoms with van der Waals surface area (Å²) in [4.78, 5) is 26.9. The number of methoxy groups -OCH3 is 1. The van der Waals surface area contributed by atoms with Crippen molar-refractivity contribution in [1.82, 2.24) is 24.1 Å². The van der Waals surface area contributed by atoms with Crippen molar-refractivity contribution in [3.63, 3.8) is 0 Å². The molecule has 1 aliphatic rings. The Kier molecular flexibility index (Phi) is 4.26. The number of benzene rings is 2. The van der Waals surface area contributed by atoms with Crippen molar-refractivity contribution in [2.45, 2.75) is 25.3 Å². The maximum absolute atomic E-state index is 13.0. The van der Waals surface area contributed by atoms with Gasteiger partial charge < -0.3 is 18.8 Å². The van der Waals surface area contributed by atoms with Crippen molar-refractivity contribution in [3.05, 3.63) is 52.8 Å². The van der Waals surface area contributed by atoms with Gasteiger partial charge in [-0.15, -0.1) is 0 Å². The lowest BCUT2D eigenvalue weighted by atomic mass is 9.92. The number of oxazole rings is 1. The Morgan fingerprint density at radius 3 is 2.64 bits per heavy atom. The minimum Gasteiger partial charge on any atom is -0.501 e. The Balaban J connectivity index is 1.61. The molecule has 5 aromatic rings. The third-order valence-corrected chi connectivity index (χ3v) is 6.31. The molecule has 9 nitrogen and oxygen atoms in total. The van der Waals surface area contributed by atoms with Crippen LogP contribution in [0, 0.1) is 0 Å². The molecule has 0 atom stereocenters. The smallest absolute Gasteiger partial charge is 0.296 e. The Labute approximate surface area is 187 Å². The maximum atomic E-state index is 13.0. The van der Waals surface area contributed by atoms with Crippen molar-refractivity contribution < 1.29 is 14.3 Å². The van der Waals surface area contributed by atoms with Crippen LogP contribution < -0.4 is 10.3 Å². The topological polar surface area (TPSA) is 108 Å². The number of ether oxygens (including phenoxy) is 1. The molecule has 166 valence electrons. The average Bonchev–Trinajstić information content (AvgIpc) is 3.39. The van der Waals surface area contributed by atoms with Crippen molar-refractivity contribution >= 4 is 22.1 Å². The summed E-state index contributed by atoms with van der Waals surface area (Å²) < 4.78 is 14.7. The first-order valence-corrected chi connectivity index (χ1v) is 10.8. The van der Waals surface area contributed by atoms with Crippen LogP contribution >= 0.6 is 0 Å². The number of imidazole rings is 1. The highest BCUT2D eigenvalue weighted by Gasteiger charge is 2.29. The van der Waals surface area contributed by atoms with Gasteiger partial charge in [0.25, 0.3) is 11.4 Å². The molecule has 1 fully saturated rings. The third-order valence-electron chi connectivity index (χ3n) is 6.31. The minimum atomic E-state index is -0.601. The highest BCUT2D eigenvalue weighted by molar-refractivity contribution is 5.83. The molecule has 3 aromatic heterocycles. The molecule has 1 N–H and O–H groups in total. The van der Waals surface area contributed by atoms with Gasteiger partial charge in [0.2, 0.25) is 5.75 Å². The fraction of sp³-hybridized carbons (Fsp3) is 0.250. The second-order valence-corrected chi connectivity index (χ2v) is 8.20. The SMILES string of the molecule is COc1cccc2oc(-c3nc(-c4nc5ccccc5n4C4CCC4)n(C)c(=O)c3O)nc12. The van der Waals surface area contributed by atoms with Gasteiger partial charge in [0.05, 0.1) is 18.1 Å². The normalized spacial score (nSPS) is 14.1. The van der Waals surface area contributed by atoms with Crippen LogP contribution in [0.1, 0.15) is 25.3 Å². The lowest BCUT2D eigenvalue weighted by Gasteiger charge is -2.29. The van der Waals surface area contributed by atoms with Gasteiger partial charge in [-0.05, 0) is 43.5 Å². The fourth-order valence-electron chi connectivity index (χ4n) is 4.35. The predicted molar refractivity (Wildman–Crippen MR) is 122 cm³/mol. The van der Waals surface area contributed by atoms with Crippen LogP contribution in [-0.4, -0.2) is 36.3 Å². The zero-order valence-corrected chi connectivity index (χ0v) is 18.1. The number of rotatable bonds is 4. The molecule has 3 heterocycles. The highest BCUT2D eigenvalue weighted by atomic mass is 16.5.